The van der Waals surface area contributed by atoms with Gasteiger partial charge in [-0.2, -0.15) is 0 Å². The summed E-state index contributed by atoms with van der Waals surface area (Å²) in [6, 6.07) is 20.3. The highest BCUT2D eigenvalue weighted by molar-refractivity contribution is 5.79. The third-order valence-electron chi connectivity index (χ3n) is 4.46. The summed E-state index contributed by atoms with van der Waals surface area (Å²) in [5.74, 6) is 2.62. The third kappa shape index (κ3) is 3.49. The average molecular weight is 346 g/mol. The van der Waals surface area contributed by atoms with Gasteiger partial charge in [0.1, 0.15) is 5.75 Å². The molecule has 0 aliphatic rings. The first-order chi connectivity index (χ1) is 12.8. The highest BCUT2D eigenvalue weighted by atomic mass is 16.5. The van der Waals surface area contributed by atoms with Crippen LogP contribution < -0.4 is 4.74 Å². The lowest BCUT2D eigenvalue weighted by Crippen LogP contribution is -2.03. The summed E-state index contributed by atoms with van der Waals surface area (Å²) >= 11 is 0. The van der Waals surface area contributed by atoms with Crippen LogP contribution in [0.2, 0.25) is 0 Å². The number of benzene rings is 2. The van der Waals surface area contributed by atoms with Crippen LogP contribution in [0.25, 0.3) is 22.6 Å². The SMILES string of the molecule is Cc1ccc(OCCCCn2c(-c3ccco3)nc3ccccc32)cc1. The molecular formula is C22H22N2O2. The molecule has 0 N–H and O–H groups in total. The molecule has 0 saturated carbocycles. The minimum atomic E-state index is 0.714. The van der Waals surface area contributed by atoms with E-state index in [2.05, 4.69) is 29.7 Å². The summed E-state index contributed by atoms with van der Waals surface area (Å²) < 4.78 is 13.6. The highest BCUT2D eigenvalue weighted by Gasteiger charge is 2.13. The topological polar surface area (TPSA) is 40.2 Å². The van der Waals surface area contributed by atoms with Gasteiger partial charge in [-0.25, -0.2) is 4.98 Å². The van der Waals surface area contributed by atoms with E-state index in [0.717, 1.165) is 47.8 Å². The minimum absolute atomic E-state index is 0.714. The van der Waals surface area contributed by atoms with Crippen LogP contribution in [0.4, 0.5) is 0 Å². The number of ether oxygens (including phenoxy) is 1. The number of hydrogen-bond acceptors (Lipinski definition) is 3. The molecule has 0 saturated heterocycles. The Kier molecular flexibility index (Phi) is 4.73. The van der Waals surface area contributed by atoms with Crippen molar-refractivity contribution in [3.05, 3.63) is 72.5 Å². The van der Waals surface area contributed by atoms with E-state index in [0.29, 0.717) is 6.61 Å². The van der Waals surface area contributed by atoms with E-state index in [-0.39, 0.29) is 0 Å². The number of rotatable bonds is 7. The maximum atomic E-state index is 5.83. The molecule has 2 aromatic carbocycles. The van der Waals surface area contributed by atoms with Gasteiger partial charge in [0.2, 0.25) is 0 Å². The number of aryl methyl sites for hydroxylation is 2. The van der Waals surface area contributed by atoms with Gasteiger partial charge in [0, 0.05) is 6.54 Å². The lowest BCUT2D eigenvalue weighted by Gasteiger charge is -2.09. The first-order valence-electron chi connectivity index (χ1n) is 9.00. The van der Waals surface area contributed by atoms with Crippen molar-refractivity contribution in [3.8, 4) is 17.3 Å². The van der Waals surface area contributed by atoms with Crippen molar-refractivity contribution >= 4 is 11.0 Å². The molecule has 0 bridgehead atoms. The van der Waals surface area contributed by atoms with Crippen LogP contribution in [0.3, 0.4) is 0 Å². The van der Waals surface area contributed by atoms with Crippen molar-refractivity contribution in [2.24, 2.45) is 0 Å². The summed E-state index contributed by atoms with van der Waals surface area (Å²) in [5, 5.41) is 0. The molecule has 0 unspecified atom stereocenters. The van der Waals surface area contributed by atoms with Gasteiger partial charge in [-0.15, -0.1) is 0 Å². The first-order valence-corrected chi connectivity index (χ1v) is 9.00. The second-order valence-electron chi connectivity index (χ2n) is 6.42. The Morgan fingerprint density at radius 3 is 2.62 bits per heavy atom. The van der Waals surface area contributed by atoms with Crippen LogP contribution >= 0.6 is 0 Å². The Balaban J connectivity index is 1.42. The van der Waals surface area contributed by atoms with Gasteiger partial charge in [-0.3, -0.25) is 0 Å². The van der Waals surface area contributed by atoms with Crippen LogP contribution in [-0.4, -0.2) is 16.2 Å². The van der Waals surface area contributed by atoms with Crippen molar-refractivity contribution in [1.29, 1.82) is 0 Å². The summed E-state index contributed by atoms with van der Waals surface area (Å²) in [7, 11) is 0. The molecule has 2 heterocycles. The summed E-state index contributed by atoms with van der Waals surface area (Å²) in [5.41, 5.74) is 3.38. The lowest BCUT2D eigenvalue weighted by molar-refractivity contribution is 0.303. The van der Waals surface area contributed by atoms with E-state index in [9.17, 15) is 0 Å². The van der Waals surface area contributed by atoms with E-state index in [1.807, 2.05) is 42.5 Å². The van der Waals surface area contributed by atoms with Crippen molar-refractivity contribution in [3.63, 3.8) is 0 Å². The molecular weight excluding hydrogens is 324 g/mol. The maximum Gasteiger partial charge on any atom is 0.177 e. The number of para-hydroxylation sites is 2. The zero-order valence-corrected chi connectivity index (χ0v) is 14.9. The van der Waals surface area contributed by atoms with Crippen LogP contribution in [0.5, 0.6) is 5.75 Å². The number of imidazole rings is 1. The minimum Gasteiger partial charge on any atom is -0.494 e. The van der Waals surface area contributed by atoms with Gasteiger partial charge in [0.15, 0.2) is 11.6 Å². The van der Waals surface area contributed by atoms with E-state index >= 15 is 0 Å². The Labute approximate surface area is 153 Å². The van der Waals surface area contributed by atoms with E-state index in [1.54, 1.807) is 6.26 Å². The van der Waals surface area contributed by atoms with Gasteiger partial charge in [-0.1, -0.05) is 29.8 Å². The quantitative estimate of drug-likeness (QED) is 0.417. The van der Waals surface area contributed by atoms with Crippen LogP contribution in [0, 0.1) is 6.92 Å². The molecule has 0 radical (unpaired) electrons. The second-order valence-corrected chi connectivity index (χ2v) is 6.42. The van der Waals surface area contributed by atoms with Gasteiger partial charge < -0.3 is 13.7 Å². The van der Waals surface area contributed by atoms with Gasteiger partial charge in [0.05, 0.1) is 23.9 Å². The Bertz CT molecular complexity index is 969. The van der Waals surface area contributed by atoms with Gasteiger partial charge >= 0.3 is 0 Å². The molecule has 4 aromatic rings. The van der Waals surface area contributed by atoms with Crippen LogP contribution in [0.1, 0.15) is 18.4 Å². The maximum absolute atomic E-state index is 5.83. The predicted molar refractivity (Wildman–Crippen MR) is 103 cm³/mol. The molecule has 132 valence electrons. The summed E-state index contributed by atoms with van der Waals surface area (Å²) in [6.45, 7) is 3.68. The number of nitrogens with zero attached hydrogens (tertiary/aromatic N) is 2. The molecule has 4 heteroatoms. The highest BCUT2D eigenvalue weighted by Crippen LogP contribution is 2.25. The average Bonchev–Trinajstić information content (AvgIpc) is 3.31. The monoisotopic (exact) mass is 346 g/mol. The van der Waals surface area contributed by atoms with E-state index < -0.39 is 0 Å². The molecule has 0 aliphatic heterocycles. The Morgan fingerprint density at radius 2 is 1.81 bits per heavy atom. The number of unbranched alkanes of at least 4 members (excludes halogenated alkanes) is 1. The fourth-order valence-electron chi connectivity index (χ4n) is 3.09. The molecule has 2 aromatic heterocycles. The first kappa shape index (κ1) is 16.5. The van der Waals surface area contributed by atoms with Crippen molar-refractivity contribution < 1.29 is 9.15 Å². The van der Waals surface area contributed by atoms with Crippen molar-refractivity contribution in [2.45, 2.75) is 26.3 Å². The zero-order chi connectivity index (χ0) is 17.8. The molecule has 4 rings (SSSR count). The molecule has 0 spiro atoms. The largest absolute Gasteiger partial charge is 0.494 e. The number of furan rings is 1. The van der Waals surface area contributed by atoms with Crippen molar-refractivity contribution in [1.82, 2.24) is 9.55 Å². The Morgan fingerprint density at radius 1 is 0.962 bits per heavy atom. The van der Waals surface area contributed by atoms with Gasteiger partial charge in [0.25, 0.3) is 0 Å². The normalized spacial score (nSPS) is 11.1. The molecule has 4 nitrogen and oxygen atoms in total. The second kappa shape index (κ2) is 7.48. The van der Waals surface area contributed by atoms with Crippen LogP contribution in [0.15, 0.2) is 71.3 Å². The molecule has 0 fully saturated rings. The van der Waals surface area contributed by atoms with E-state index in [1.165, 1.54) is 5.56 Å². The van der Waals surface area contributed by atoms with E-state index in [4.69, 9.17) is 14.1 Å². The summed E-state index contributed by atoms with van der Waals surface area (Å²) in [4.78, 5) is 4.75. The Hall–Kier alpha value is -3.01. The zero-order valence-electron chi connectivity index (χ0n) is 14.9. The standard InChI is InChI=1S/C22H22N2O2/c1-17-10-12-18(13-11-17)25-15-5-4-14-24-20-8-3-2-7-19(20)23-22(24)21-9-6-16-26-21/h2-3,6-13,16H,4-5,14-15H2,1H3. The smallest absolute Gasteiger partial charge is 0.177 e. The third-order valence-corrected chi connectivity index (χ3v) is 4.46. The fourth-order valence-corrected chi connectivity index (χ4v) is 3.09. The van der Waals surface area contributed by atoms with Gasteiger partial charge in [-0.05, 0) is 56.2 Å². The molecule has 26 heavy (non-hydrogen) atoms. The fraction of sp³-hybridized carbons (Fsp3) is 0.227. The number of hydrogen-bond donors (Lipinski definition) is 0. The van der Waals surface area contributed by atoms with Crippen molar-refractivity contribution in [2.75, 3.05) is 6.61 Å². The predicted octanol–water partition coefficient (Wildman–Crippen LogP) is 5.46. The van der Waals surface area contributed by atoms with Crippen LogP contribution in [-0.2, 0) is 6.54 Å². The number of fused-ring (bicyclic) bond motifs is 1. The molecule has 0 amide bonds. The lowest BCUT2D eigenvalue weighted by atomic mass is 10.2. The number of aromatic nitrogens is 2. The summed E-state index contributed by atoms with van der Waals surface area (Å²) in [6.07, 6.45) is 3.69. The molecule has 0 aliphatic carbocycles. The molecule has 0 atom stereocenters.